The summed E-state index contributed by atoms with van der Waals surface area (Å²) in [5.74, 6) is 0.719. The molecule has 1 nitrogen and oxygen atoms in total. The third-order valence-corrected chi connectivity index (χ3v) is 5.09. The smallest absolute Gasteiger partial charge is 0.0142 e. The second-order valence-corrected chi connectivity index (χ2v) is 6.52. The molecule has 0 radical (unpaired) electrons. The molecule has 106 valence electrons. The largest absolute Gasteiger partial charge is 0.313 e. The first-order chi connectivity index (χ1) is 9.88. The molecule has 1 heterocycles. The SMILES string of the molecule is CCCNC(CCc1ccsc1)C1Cc2ccccc21. The van der Waals surface area contributed by atoms with Gasteiger partial charge in [-0.2, -0.15) is 11.3 Å². The molecule has 2 unspecified atom stereocenters. The van der Waals surface area contributed by atoms with Gasteiger partial charge in [-0.3, -0.25) is 0 Å². The fourth-order valence-electron chi connectivity index (χ4n) is 3.19. The van der Waals surface area contributed by atoms with E-state index in [0.717, 1.165) is 12.5 Å². The van der Waals surface area contributed by atoms with Gasteiger partial charge in [0.2, 0.25) is 0 Å². The number of hydrogen-bond donors (Lipinski definition) is 1. The Morgan fingerprint density at radius 2 is 2.20 bits per heavy atom. The van der Waals surface area contributed by atoms with Gasteiger partial charge < -0.3 is 5.32 Å². The highest BCUT2D eigenvalue weighted by Crippen LogP contribution is 2.38. The molecular formula is C18H23NS. The zero-order valence-electron chi connectivity index (χ0n) is 12.1. The van der Waals surface area contributed by atoms with Gasteiger partial charge in [0, 0.05) is 12.0 Å². The van der Waals surface area contributed by atoms with Crippen LogP contribution < -0.4 is 5.32 Å². The van der Waals surface area contributed by atoms with Crippen molar-refractivity contribution in [2.75, 3.05) is 6.54 Å². The molecule has 0 aliphatic heterocycles. The minimum absolute atomic E-state index is 0.629. The van der Waals surface area contributed by atoms with Gasteiger partial charge in [-0.25, -0.2) is 0 Å². The van der Waals surface area contributed by atoms with Crippen LogP contribution in [0, 0.1) is 0 Å². The molecule has 1 N–H and O–H groups in total. The van der Waals surface area contributed by atoms with Gasteiger partial charge in [0.05, 0.1) is 0 Å². The van der Waals surface area contributed by atoms with Crippen molar-refractivity contribution in [1.29, 1.82) is 0 Å². The van der Waals surface area contributed by atoms with E-state index in [4.69, 9.17) is 0 Å². The van der Waals surface area contributed by atoms with Crippen LogP contribution in [0.25, 0.3) is 0 Å². The normalized spacial score (nSPS) is 18.4. The van der Waals surface area contributed by atoms with Crippen LogP contribution in [0.15, 0.2) is 41.1 Å². The molecule has 0 saturated carbocycles. The summed E-state index contributed by atoms with van der Waals surface area (Å²) < 4.78 is 0. The lowest BCUT2D eigenvalue weighted by atomic mass is 9.72. The number of rotatable bonds is 7. The predicted molar refractivity (Wildman–Crippen MR) is 87.6 cm³/mol. The van der Waals surface area contributed by atoms with Crippen molar-refractivity contribution < 1.29 is 0 Å². The molecule has 1 aliphatic rings. The first-order valence-electron chi connectivity index (χ1n) is 7.70. The quantitative estimate of drug-likeness (QED) is 0.795. The molecule has 0 amide bonds. The number of aryl methyl sites for hydroxylation is 1. The molecule has 20 heavy (non-hydrogen) atoms. The van der Waals surface area contributed by atoms with Crippen molar-refractivity contribution in [2.24, 2.45) is 0 Å². The van der Waals surface area contributed by atoms with E-state index in [1.54, 1.807) is 22.5 Å². The maximum atomic E-state index is 3.78. The summed E-state index contributed by atoms with van der Waals surface area (Å²) in [6.07, 6.45) is 4.91. The number of nitrogens with one attached hydrogen (secondary N) is 1. The summed E-state index contributed by atoms with van der Waals surface area (Å²) in [4.78, 5) is 0. The van der Waals surface area contributed by atoms with Crippen molar-refractivity contribution in [1.82, 2.24) is 5.32 Å². The van der Waals surface area contributed by atoms with Gasteiger partial charge in [-0.05, 0) is 65.7 Å². The highest BCUT2D eigenvalue weighted by atomic mass is 32.1. The standard InChI is InChI=1S/C18H23NS/c1-2-10-19-18(8-7-14-9-11-20-13-14)17-12-15-5-3-4-6-16(15)17/h3-6,9,11,13,17-19H,2,7-8,10,12H2,1H3. The Hall–Kier alpha value is -1.12. The molecule has 2 atom stereocenters. The predicted octanol–water partition coefficient (Wildman–Crippen LogP) is 4.39. The molecule has 2 heteroatoms. The Bertz CT molecular complexity index is 532. The zero-order chi connectivity index (χ0) is 13.8. The topological polar surface area (TPSA) is 12.0 Å². The van der Waals surface area contributed by atoms with Gasteiger partial charge in [-0.1, -0.05) is 31.2 Å². The molecular weight excluding hydrogens is 262 g/mol. The second kappa shape index (κ2) is 6.55. The molecule has 0 bridgehead atoms. The Morgan fingerprint density at radius 3 is 2.95 bits per heavy atom. The summed E-state index contributed by atoms with van der Waals surface area (Å²) in [6.45, 7) is 3.38. The highest BCUT2D eigenvalue weighted by molar-refractivity contribution is 7.07. The maximum absolute atomic E-state index is 3.78. The Labute approximate surface area is 126 Å². The third kappa shape index (κ3) is 2.97. The fraction of sp³-hybridized carbons (Fsp3) is 0.444. The van der Waals surface area contributed by atoms with Crippen LogP contribution in [-0.4, -0.2) is 12.6 Å². The maximum Gasteiger partial charge on any atom is 0.0142 e. The number of fused-ring (bicyclic) bond motifs is 1. The first-order valence-corrected chi connectivity index (χ1v) is 8.65. The van der Waals surface area contributed by atoms with Crippen LogP contribution >= 0.6 is 11.3 Å². The van der Waals surface area contributed by atoms with E-state index in [9.17, 15) is 0 Å². The van der Waals surface area contributed by atoms with E-state index in [-0.39, 0.29) is 0 Å². The van der Waals surface area contributed by atoms with Gasteiger partial charge in [0.15, 0.2) is 0 Å². The van der Waals surface area contributed by atoms with Gasteiger partial charge in [0.25, 0.3) is 0 Å². The Kier molecular flexibility index (Phi) is 4.54. The minimum atomic E-state index is 0.629. The third-order valence-electron chi connectivity index (χ3n) is 4.36. The molecule has 0 saturated heterocycles. The van der Waals surface area contributed by atoms with Crippen LogP contribution in [0.2, 0.25) is 0 Å². The Balaban J connectivity index is 1.64. The van der Waals surface area contributed by atoms with Crippen molar-refractivity contribution in [3.05, 3.63) is 57.8 Å². The Morgan fingerprint density at radius 1 is 1.30 bits per heavy atom. The summed E-state index contributed by atoms with van der Waals surface area (Å²) in [6, 6.07) is 11.8. The van der Waals surface area contributed by atoms with Crippen LogP contribution in [0.3, 0.4) is 0 Å². The van der Waals surface area contributed by atoms with E-state index in [1.807, 2.05) is 0 Å². The van der Waals surface area contributed by atoms with Crippen LogP contribution in [0.4, 0.5) is 0 Å². The number of benzene rings is 1. The van der Waals surface area contributed by atoms with Crippen molar-refractivity contribution in [3.63, 3.8) is 0 Å². The lowest BCUT2D eigenvalue weighted by Crippen LogP contribution is -2.40. The average Bonchev–Trinajstić information content (AvgIpc) is 2.95. The van der Waals surface area contributed by atoms with Crippen LogP contribution in [0.5, 0.6) is 0 Å². The summed E-state index contributed by atoms with van der Waals surface area (Å²) in [7, 11) is 0. The van der Waals surface area contributed by atoms with E-state index in [0.29, 0.717) is 6.04 Å². The van der Waals surface area contributed by atoms with Gasteiger partial charge in [-0.15, -0.1) is 0 Å². The molecule has 0 spiro atoms. The van der Waals surface area contributed by atoms with Crippen LogP contribution in [0.1, 0.15) is 42.4 Å². The summed E-state index contributed by atoms with van der Waals surface area (Å²) in [5, 5.41) is 8.24. The molecule has 3 rings (SSSR count). The van der Waals surface area contributed by atoms with E-state index in [1.165, 1.54) is 31.2 Å². The summed E-state index contributed by atoms with van der Waals surface area (Å²) in [5.41, 5.74) is 4.62. The van der Waals surface area contributed by atoms with Crippen molar-refractivity contribution in [3.8, 4) is 0 Å². The average molecular weight is 285 g/mol. The number of hydrogen-bond acceptors (Lipinski definition) is 2. The molecule has 1 aliphatic carbocycles. The van der Waals surface area contributed by atoms with Crippen LogP contribution in [-0.2, 0) is 12.8 Å². The van der Waals surface area contributed by atoms with Crippen molar-refractivity contribution >= 4 is 11.3 Å². The van der Waals surface area contributed by atoms with E-state index < -0.39 is 0 Å². The molecule has 2 aromatic rings. The lowest BCUT2D eigenvalue weighted by molar-refractivity contribution is 0.379. The first kappa shape index (κ1) is 13.8. The zero-order valence-corrected chi connectivity index (χ0v) is 13.0. The molecule has 1 aromatic carbocycles. The second-order valence-electron chi connectivity index (χ2n) is 5.74. The monoisotopic (exact) mass is 285 g/mol. The van der Waals surface area contributed by atoms with E-state index >= 15 is 0 Å². The lowest BCUT2D eigenvalue weighted by Gasteiger charge is -2.37. The van der Waals surface area contributed by atoms with E-state index in [2.05, 4.69) is 53.3 Å². The fourth-order valence-corrected chi connectivity index (χ4v) is 3.89. The van der Waals surface area contributed by atoms with Gasteiger partial charge in [0.1, 0.15) is 0 Å². The highest BCUT2D eigenvalue weighted by Gasteiger charge is 2.31. The van der Waals surface area contributed by atoms with Gasteiger partial charge >= 0.3 is 0 Å². The van der Waals surface area contributed by atoms with Crippen molar-refractivity contribution in [2.45, 2.75) is 44.6 Å². The number of thiophene rings is 1. The molecule has 1 aromatic heterocycles. The molecule has 0 fully saturated rings. The minimum Gasteiger partial charge on any atom is -0.313 e. The summed E-state index contributed by atoms with van der Waals surface area (Å²) >= 11 is 1.81.